The molecule has 5 nitrogen and oxygen atoms in total. The van der Waals surface area contributed by atoms with Crippen LogP contribution >= 0.6 is 11.6 Å². The monoisotopic (exact) mass is 339 g/mol. The van der Waals surface area contributed by atoms with Crippen LogP contribution in [0.5, 0.6) is 11.6 Å². The molecule has 1 aromatic heterocycles. The molecule has 0 atom stereocenters. The predicted octanol–water partition coefficient (Wildman–Crippen LogP) is 4.48. The van der Waals surface area contributed by atoms with Crippen molar-refractivity contribution in [1.82, 2.24) is 10.2 Å². The third kappa shape index (κ3) is 4.08. The minimum Gasteiger partial charge on any atom is -0.438 e. The van der Waals surface area contributed by atoms with Gasteiger partial charge in [0.1, 0.15) is 5.75 Å². The van der Waals surface area contributed by atoms with E-state index in [4.69, 9.17) is 16.3 Å². The Bertz CT molecular complexity index is 832. The molecule has 1 amide bonds. The average Bonchev–Trinajstić information content (AvgIpc) is 2.59. The highest BCUT2D eigenvalue weighted by Crippen LogP contribution is 2.20. The van der Waals surface area contributed by atoms with Crippen molar-refractivity contribution in [3.05, 3.63) is 76.9 Å². The maximum absolute atomic E-state index is 12.2. The molecule has 120 valence electrons. The third-order valence-corrected chi connectivity index (χ3v) is 3.47. The molecular formula is C18H14ClN3O2. The van der Waals surface area contributed by atoms with Crippen molar-refractivity contribution in [1.29, 1.82) is 0 Å². The first-order valence-corrected chi connectivity index (χ1v) is 7.63. The van der Waals surface area contributed by atoms with Gasteiger partial charge in [0, 0.05) is 22.3 Å². The lowest BCUT2D eigenvalue weighted by molar-refractivity contribution is 0.102. The van der Waals surface area contributed by atoms with E-state index in [0.29, 0.717) is 27.9 Å². The van der Waals surface area contributed by atoms with Crippen molar-refractivity contribution in [3.8, 4) is 11.6 Å². The number of amides is 1. The molecule has 0 aliphatic heterocycles. The van der Waals surface area contributed by atoms with Gasteiger partial charge in [-0.15, -0.1) is 5.10 Å². The second kappa shape index (κ2) is 7.10. The Morgan fingerprint density at radius 3 is 2.29 bits per heavy atom. The summed E-state index contributed by atoms with van der Waals surface area (Å²) in [7, 11) is 0. The number of halogens is 1. The molecule has 0 unspecified atom stereocenters. The van der Waals surface area contributed by atoms with Gasteiger partial charge in [-0.25, -0.2) is 0 Å². The van der Waals surface area contributed by atoms with Gasteiger partial charge in [-0.05, 0) is 61.5 Å². The van der Waals surface area contributed by atoms with Crippen LogP contribution in [-0.2, 0) is 0 Å². The third-order valence-electron chi connectivity index (χ3n) is 3.21. The lowest BCUT2D eigenvalue weighted by Gasteiger charge is -2.07. The Morgan fingerprint density at radius 2 is 1.67 bits per heavy atom. The molecule has 0 fully saturated rings. The molecule has 0 saturated carbocycles. The molecule has 0 saturated heterocycles. The Morgan fingerprint density at radius 1 is 0.958 bits per heavy atom. The zero-order valence-corrected chi connectivity index (χ0v) is 13.6. The fraction of sp³-hybridized carbons (Fsp3) is 0.0556. The van der Waals surface area contributed by atoms with Crippen LogP contribution in [-0.4, -0.2) is 16.1 Å². The van der Waals surface area contributed by atoms with Crippen LogP contribution in [0.4, 0.5) is 5.69 Å². The number of nitrogens with zero attached hydrogens (tertiary/aromatic N) is 2. The molecule has 3 rings (SSSR count). The maximum Gasteiger partial charge on any atom is 0.255 e. The van der Waals surface area contributed by atoms with Crippen LogP contribution in [0.3, 0.4) is 0 Å². The number of hydrogen-bond donors (Lipinski definition) is 1. The summed E-state index contributed by atoms with van der Waals surface area (Å²) in [6.07, 6.45) is 0. The van der Waals surface area contributed by atoms with E-state index in [2.05, 4.69) is 15.5 Å². The van der Waals surface area contributed by atoms with Gasteiger partial charge in [0.15, 0.2) is 0 Å². The minimum atomic E-state index is -0.209. The summed E-state index contributed by atoms with van der Waals surface area (Å²) in [5.74, 6) is 0.772. The summed E-state index contributed by atoms with van der Waals surface area (Å²) in [5.41, 5.74) is 2.02. The van der Waals surface area contributed by atoms with Crippen LogP contribution in [0.15, 0.2) is 60.7 Å². The van der Waals surface area contributed by atoms with Gasteiger partial charge in [0.25, 0.3) is 5.91 Å². The Hall–Kier alpha value is -2.92. The molecule has 1 N–H and O–H groups in total. The number of aromatic nitrogens is 2. The summed E-state index contributed by atoms with van der Waals surface area (Å²) >= 11 is 5.82. The molecule has 3 aromatic rings. The second-order valence-corrected chi connectivity index (χ2v) is 5.54. The van der Waals surface area contributed by atoms with E-state index >= 15 is 0 Å². The van der Waals surface area contributed by atoms with E-state index in [9.17, 15) is 4.79 Å². The molecule has 24 heavy (non-hydrogen) atoms. The molecule has 2 aromatic carbocycles. The Labute approximate surface area is 144 Å². The average molecular weight is 340 g/mol. The van der Waals surface area contributed by atoms with E-state index in [1.807, 2.05) is 13.0 Å². The van der Waals surface area contributed by atoms with Gasteiger partial charge in [-0.2, -0.15) is 5.10 Å². The number of ether oxygens (including phenoxy) is 1. The van der Waals surface area contributed by atoms with Crippen LogP contribution in [0.25, 0.3) is 0 Å². The van der Waals surface area contributed by atoms with Crippen molar-refractivity contribution < 1.29 is 9.53 Å². The lowest BCUT2D eigenvalue weighted by atomic mass is 10.2. The van der Waals surface area contributed by atoms with Gasteiger partial charge in [0.2, 0.25) is 5.88 Å². The first kappa shape index (κ1) is 16.0. The SMILES string of the molecule is Cc1ccc(Oc2ccc(C(=O)Nc3ccc(Cl)cc3)cc2)nn1. The molecule has 6 heteroatoms. The van der Waals surface area contributed by atoms with Crippen molar-refractivity contribution in [2.24, 2.45) is 0 Å². The van der Waals surface area contributed by atoms with Crippen molar-refractivity contribution in [3.63, 3.8) is 0 Å². The Balaban J connectivity index is 1.66. The largest absolute Gasteiger partial charge is 0.438 e. The van der Waals surface area contributed by atoms with Gasteiger partial charge < -0.3 is 10.1 Å². The van der Waals surface area contributed by atoms with Gasteiger partial charge in [0.05, 0.1) is 5.69 Å². The number of nitrogens with one attached hydrogen (secondary N) is 1. The van der Waals surface area contributed by atoms with Crippen molar-refractivity contribution in [2.45, 2.75) is 6.92 Å². The van der Waals surface area contributed by atoms with Gasteiger partial charge in [-0.3, -0.25) is 4.79 Å². The zero-order valence-electron chi connectivity index (χ0n) is 12.9. The molecule has 0 aliphatic carbocycles. The van der Waals surface area contributed by atoms with Crippen molar-refractivity contribution >= 4 is 23.2 Å². The van der Waals surface area contributed by atoms with E-state index < -0.39 is 0 Å². The van der Waals surface area contributed by atoms with Gasteiger partial charge >= 0.3 is 0 Å². The predicted molar refractivity (Wildman–Crippen MR) is 92.7 cm³/mol. The number of rotatable bonds is 4. The van der Waals surface area contributed by atoms with Crippen LogP contribution in [0.1, 0.15) is 16.1 Å². The number of hydrogen-bond acceptors (Lipinski definition) is 4. The quantitative estimate of drug-likeness (QED) is 0.761. The highest BCUT2D eigenvalue weighted by Gasteiger charge is 2.07. The fourth-order valence-electron chi connectivity index (χ4n) is 1.97. The Kier molecular flexibility index (Phi) is 4.72. The van der Waals surface area contributed by atoms with Crippen LogP contribution in [0, 0.1) is 6.92 Å². The van der Waals surface area contributed by atoms with Gasteiger partial charge in [-0.1, -0.05) is 11.6 Å². The van der Waals surface area contributed by atoms with Crippen molar-refractivity contribution in [2.75, 3.05) is 5.32 Å². The number of carbonyl (C=O) groups is 1. The van der Waals surface area contributed by atoms with E-state index in [1.165, 1.54) is 0 Å². The molecule has 0 aliphatic rings. The summed E-state index contributed by atoms with van der Waals surface area (Å²) in [5, 5.41) is 11.3. The molecular weight excluding hydrogens is 326 g/mol. The molecule has 0 bridgehead atoms. The molecule has 0 spiro atoms. The number of aryl methyl sites for hydroxylation is 1. The lowest BCUT2D eigenvalue weighted by Crippen LogP contribution is -2.11. The summed E-state index contributed by atoms with van der Waals surface area (Å²) < 4.78 is 5.58. The standard InChI is InChI=1S/C18H14ClN3O2/c1-12-2-11-17(22-21-12)24-16-9-3-13(4-10-16)18(23)20-15-7-5-14(19)6-8-15/h2-11H,1H3,(H,20,23). The molecule has 0 radical (unpaired) electrons. The summed E-state index contributed by atoms with van der Waals surface area (Å²) in [6.45, 7) is 1.85. The molecule has 1 heterocycles. The first-order chi connectivity index (χ1) is 11.6. The van der Waals surface area contributed by atoms with E-state index in [0.717, 1.165) is 5.69 Å². The fourth-order valence-corrected chi connectivity index (χ4v) is 2.10. The number of anilines is 1. The summed E-state index contributed by atoms with van der Waals surface area (Å²) in [6, 6.07) is 17.3. The second-order valence-electron chi connectivity index (χ2n) is 5.10. The highest BCUT2D eigenvalue weighted by molar-refractivity contribution is 6.30. The van der Waals surface area contributed by atoms with Crippen LogP contribution < -0.4 is 10.1 Å². The zero-order chi connectivity index (χ0) is 16.9. The normalized spacial score (nSPS) is 10.2. The smallest absolute Gasteiger partial charge is 0.255 e. The topological polar surface area (TPSA) is 64.1 Å². The number of carbonyl (C=O) groups excluding carboxylic acids is 1. The highest BCUT2D eigenvalue weighted by atomic mass is 35.5. The summed E-state index contributed by atoms with van der Waals surface area (Å²) in [4.78, 5) is 12.2. The minimum absolute atomic E-state index is 0.209. The maximum atomic E-state index is 12.2. The number of benzene rings is 2. The van der Waals surface area contributed by atoms with Crippen LogP contribution in [0.2, 0.25) is 5.02 Å². The van der Waals surface area contributed by atoms with E-state index in [1.54, 1.807) is 54.6 Å². The van der Waals surface area contributed by atoms with E-state index in [-0.39, 0.29) is 5.91 Å². The first-order valence-electron chi connectivity index (χ1n) is 7.25.